The SMILES string of the molecule is C[C@@H](C(=O)N1CCCCC1)c1ccc(Cc2nc(-c3c(F)cccc3F)nc3c2C(=O)NC3)cc1. The first-order chi connectivity index (χ1) is 16.9. The van der Waals surface area contributed by atoms with Crippen molar-refractivity contribution in [2.24, 2.45) is 0 Å². The molecule has 1 saturated heterocycles. The smallest absolute Gasteiger partial charge is 0.255 e. The first-order valence-electron chi connectivity index (χ1n) is 11.9. The van der Waals surface area contributed by atoms with Crippen molar-refractivity contribution < 1.29 is 18.4 Å². The number of hydrogen-bond donors (Lipinski definition) is 1. The molecule has 0 bridgehead atoms. The third kappa shape index (κ3) is 4.52. The Morgan fingerprint density at radius 3 is 2.37 bits per heavy atom. The number of fused-ring (bicyclic) bond motifs is 1. The van der Waals surface area contributed by atoms with Crippen LogP contribution < -0.4 is 5.32 Å². The maximum Gasteiger partial charge on any atom is 0.255 e. The lowest BCUT2D eigenvalue weighted by Gasteiger charge is -2.29. The second-order valence-electron chi connectivity index (χ2n) is 9.12. The summed E-state index contributed by atoms with van der Waals surface area (Å²) in [5.74, 6) is -2.00. The van der Waals surface area contributed by atoms with Crippen molar-refractivity contribution in [1.82, 2.24) is 20.2 Å². The maximum atomic E-state index is 14.4. The molecule has 0 saturated carbocycles. The topological polar surface area (TPSA) is 75.2 Å². The number of rotatable bonds is 5. The summed E-state index contributed by atoms with van der Waals surface area (Å²) in [4.78, 5) is 36.0. The first-order valence-corrected chi connectivity index (χ1v) is 11.9. The van der Waals surface area contributed by atoms with Gasteiger partial charge < -0.3 is 10.2 Å². The van der Waals surface area contributed by atoms with Gasteiger partial charge in [0.2, 0.25) is 5.91 Å². The van der Waals surface area contributed by atoms with Crippen molar-refractivity contribution in [2.75, 3.05) is 13.1 Å². The third-order valence-corrected chi connectivity index (χ3v) is 6.78. The van der Waals surface area contributed by atoms with Gasteiger partial charge in [0.25, 0.3) is 5.91 Å². The van der Waals surface area contributed by atoms with E-state index in [9.17, 15) is 18.4 Å². The van der Waals surface area contributed by atoms with Crippen LogP contribution in [-0.4, -0.2) is 39.8 Å². The predicted molar refractivity (Wildman–Crippen MR) is 127 cm³/mol. The molecule has 2 aliphatic heterocycles. The van der Waals surface area contributed by atoms with Gasteiger partial charge in [-0.15, -0.1) is 0 Å². The van der Waals surface area contributed by atoms with Crippen molar-refractivity contribution in [3.63, 3.8) is 0 Å². The molecule has 35 heavy (non-hydrogen) atoms. The van der Waals surface area contributed by atoms with E-state index in [1.807, 2.05) is 36.1 Å². The van der Waals surface area contributed by atoms with Crippen molar-refractivity contribution in [1.29, 1.82) is 0 Å². The molecule has 5 rings (SSSR count). The molecule has 0 radical (unpaired) electrons. The van der Waals surface area contributed by atoms with Crippen molar-refractivity contribution in [3.8, 4) is 11.4 Å². The van der Waals surface area contributed by atoms with E-state index in [0.29, 0.717) is 17.0 Å². The highest BCUT2D eigenvalue weighted by atomic mass is 19.1. The molecule has 3 aromatic rings. The normalized spacial score (nSPS) is 16.1. The molecule has 0 spiro atoms. The third-order valence-electron chi connectivity index (χ3n) is 6.78. The van der Waals surface area contributed by atoms with Crippen molar-refractivity contribution in [3.05, 3.63) is 82.2 Å². The van der Waals surface area contributed by atoms with Crippen LogP contribution in [0.4, 0.5) is 8.78 Å². The highest BCUT2D eigenvalue weighted by Gasteiger charge is 2.28. The highest BCUT2D eigenvalue weighted by molar-refractivity contribution is 5.99. The lowest BCUT2D eigenvalue weighted by atomic mass is 9.96. The van der Waals surface area contributed by atoms with Gasteiger partial charge in [-0.1, -0.05) is 30.3 Å². The van der Waals surface area contributed by atoms with Gasteiger partial charge >= 0.3 is 0 Å². The largest absolute Gasteiger partial charge is 0.346 e. The average Bonchev–Trinajstić information content (AvgIpc) is 3.25. The zero-order valence-corrected chi connectivity index (χ0v) is 19.5. The average molecular weight is 477 g/mol. The summed E-state index contributed by atoms with van der Waals surface area (Å²) in [5.41, 5.74) is 2.67. The van der Waals surface area contributed by atoms with Crippen LogP contribution in [0, 0.1) is 11.6 Å². The summed E-state index contributed by atoms with van der Waals surface area (Å²) in [6.07, 6.45) is 3.55. The van der Waals surface area contributed by atoms with Gasteiger partial charge in [-0.25, -0.2) is 18.7 Å². The Hall–Kier alpha value is -3.68. The minimum Gasteiger partial charge on any atom is -0.346 e. The number of piperidine rings is 1. The van der Waals surface area contributed by atoms with Crippen LogP contribution in [0.25, 0.3) is 11.4 Å². The number of halogens is 2. The number of amides is 2. The van der Waals surface area contributed by atoms with Gasteiger partial charge in [-0.2, -0.15) is 0 Å². The minimum absolute atomic E-state index is 0.0804. The van der Waals surface area contributed by atoms with Gasteiger partial charge in [0, 0.05) is 19.5 Å². The number of benzene rings is 2. The Balaban J connectivity index is 1.42. The number of carbonyl (C=O) groups excluding carboxylic acids is 2. The molecule has 1 aromatic heterocycles. The van der Waals surface area contributed by atoms with Gasteiger partial charge in [0.1, 0.15) is 11.6 Å². The first kappa shape index (κ1) is 23.1. The molecule has 6 nitrogen and oxygen atoms in total. The second-order valence-corrected chi connectivity index (χ2v) is 9.12. The zero-order valence-electron chi connectivity index (χ0n) is 19.5. The van der Waals surface area contributed by atoms with Crippen LogP contribution >= 0.6 is 0 Å². The van der Waals surface area contributed by atoms with E-state index >= 15 is 0 Å². The lowest BCUT2D eigenvalue weighted by Crippen LogP contribution is -2.38. The fraction of sp³-hybridized carbons (Fsp3) is 0.333. The molecular formula is C27H26F2N4O2. The summed E-state index contributed by atoms with van der Waals surface area (Å²) in [5, 5.41) is 2.72. The van der Waals surface area contributed by atoms with E-state index in [1.54, 1.807) is 0 Å². The van der Waals surface area contributed by atoms with Crippen LogP contribution in [-0.2, 0) is 17.8 Å². The van der Waals surface area contributed by atoms with Gasteiger partial charge in [0.05, 0.1) is 35.0 Å². The van der Waals surface area contributed by atoms with Crippen LogP contribution in [0.15, 0.2) is 42.5 Å². The Bertz CT molecular complexity index is 1270. The zero-order chi connectivity index (χ0) is 24.5. The van der Waals surface area contributed by atoms with E-state index < -0.39 is 11.6 Å². The number of nitrogens with zero attached hydrogens (tertiary/aromatic N) is 3. The van der Waals surface area contributed by atoms with E-state index in [1.165, 1.54) is 12.5 Å². The summed E-state index contributed by atoms with van der Waals surface area (Å²) < 4.78 is 28.8. The van der Waals surface area contributed by atoms with Crippen molar-refractivity contribution >= 4 is 11.8 Å². The van der Waals surface area contributed by atoms with Crippen molar-refractivity contribution in [2.45, 2.75) is 45.1 Å². The molecule has 8 heteroatoms. The maximum absolute atomic E-state index is 14.4. The standard InChI is InChI=1S/C27H26F2N4O2/c1-16(27(35)33-12-3-2-4-13-33)18-10-8-17(9-11-18)14-21-24-22(15-30-26(24)34)32-25(31-21)23-19(28)6-5-7-20(23)29/h5-11,16H,2-4,12-15H2,1H3,(H,30,34)/t16-/m1/s1. The number of carbonyl (C=O) groups is 2. The van der Waals surface area contributed by atoms with Crippen LogP contribution in [0.1, 0.15) is 65.0 Å². The Morgan fingerprint density at radius 2 is 1.69 bits per heavy atom. The summed E-state index contributed by atoms with van der Waals surface area (Å²) in [6.45, 7) is 3.73. The van der Waals surface area contributed by atoms with Gasteiger partial charge in [-0.05, 0) is 49.4 Å². The number of hydrogen-bond acceptors (Lipinski definition) is 4. The Morgan fingerprint density at radius 1 is 1.00 bits per heavy atom. The Kier molecular flexibility index (Phi) is 6.28. The lowest BCUT2D eigenvalue weighted by molar-refractivity contribution is -0.133. The quantitative estimate of drug-likeness (QED) is 0.593. The van der Waals surface area contributed by atoms with E-state index in [-0.39, 0.29) is 42.1 Å². The van der Waals surface area contributed by atoms with Crippen LogP contribution in [0.3, 0.4) is 0 Å². The molecule has 2 amide bonds. The fourth-order valence-electron chi connectivity index (χ4n) is 4.80. The van der Waals surface area contributed by atoms with E-state index in [4.69, 9.17) is 0 Å². The van der Waals surface area contributed by atoms with E-state index in [2.05, 4.69) is 15.3 Å². The highest BCUT2D eigenvalue weighted by Crippen LogP contribution is 2.28. The molecule has 1 fully saturated rings. The molecule has 0 unspecified atom stereocenters. The van der Waals surface area contributed by atoms with Gasteiger partial charge in [0.15, 0.2) is 5.82 Å². The van der Waals surface area contributed by atoms with Gasteiger partial charge in [-0.3, -0.25) is 9.59 Å². The molecule has 3 heterocycles. The number of aromatic nitrogens is 2. The molecule has 1 N–H and O–H groups in total. The predicted octanol–water partition coefficient (Wildman–Crippen LogP) is 4.37. The summed E-state index contributed by atoms with van der Waals surface area (Å²) in [7, 11) is 0. The van der Waals surface area contributed by atoms with Crippen LogP contribution in [0.5, 0.6) is 0 Å². The summed E-state index contributed by atoms with van der Waals surface area (Å²) >= 11 is 0. The molecule has 2 aliphatic rings. The Labute approximate surface area is 202 Å². The molecule has 0 aliphatic carbocycles. The second kappa shape index (κ2) is 9.52. The molecule has 1 atom stereocenters. The fourth-order valence-corrected chi connectivity index (χ4v) is 4.80. The molecule has 180 valence electrons. The molecular weight excluding hydrogens is 450 g/mol. The van der Waals surface area contributed by atoms with Crippen LogP contribution in [0.2, 0.25) is 0 Å². The number of nitrogens with one attached hydrogen (secondary N) is 1. The monoisotopic (exact) mass is 476 g/mol. The minimum atomic E-state index is -0.759. The summed E-state index contributed by atoms with van der Waals surface area (Å²) in [6, 6.07) is 11.2. The number of likely N-dealkylation sites (tertiary alicyclic amines) is 1. The van der Waals surface area contributed by atoms with E-state index in [0.717, 1.165) is 49.2 Å². The molecule has 2 aromatic carbocycles.